The maximum Gasteiger partial charge on any atom is 0.257 e. The van der Waals surface area contributed by atoms with Crippen molar-refractivity contribution >= 4 is 5.91 Å². The summed E-state index contributed by atoms with van der Waals surface area (Å²) in [5.41, 5.74) is 1.79. The van der Waals surface area contributed by atoms with Gasteiger partial charge in [0.15, 0.2) is 0 Å². The maximum absolute atomic E-state index is 12.0. The van der Waals surface area contributed by atoms with Crippen LogP contribution in [0.1, 0.15) is 16.1 Å². The van der Waals surface area contributed by atoms with E-state index in [4.69, 9.17) is 10.9 Å². The normalized spacial score (nSPS) is 9.78. The van der Waals surface area contributed by atoms with Crippen LogP contribution in [0.3, 0.4) is 0 Å². The van der Waals surface area contributed by atoms with Crippen molar-refractivity contribution in [2.45, 2.75) is 6.92 Å². The van der Waals surface area contributed by atoms with E-state index in [9.17, 15) is 4.79 Å². The van der Waals surface area contributed by atoms with E-state index in [2.05, 4.69) is 16.4 Å². The molecule has 0 aliphatic rings. The molecule has 0 fully saturated rings. The van der Waals surface area contributed by atoms with Crippen molar-refractivity contribution in [3.63, 3.8) is 0 Å². The van der Waals surface area contributed by atoms with E-state index in [1.54, 1.807) is 6.92 Å². The molecule has 0 unspecified atom stereocenters. The highest BCUT2D eigenvalue weighted by molar-refractivity contribution is 6.00. The van der Waals surface area contributed by atoms with Crippen molar-refractivity contribution in [3.8, 4) is 23.6 Å². The number of hydrogen-bond donors (Lipinski definition) is 1. The van der Waals surface area contributed by atoms with Gasteiger partial charge in [-0.3, -0.25) is 4.79 Å². The lowest BCUT2D eigenvalue weighted by Crippen LogP contribution is -2.24. The zero-order valence-electron chi connectivity index (χ0n) is 9.93. The number of carbonyl (C=O) groups excluding carboxylic acids is 1. The molecule has 18 heavy (non-hydrogen) atoms. The van der Waals surface area contributed by atoms with Crippen molar-refractivity contribution in [1.29, 1.82) is 0 Å². The number of hydrogen-bond acceptors (Lipinski definition) is 3. The van der Waals surface area contributed by atoms with E-state index in [0.717, 1.165) is 5.56 Å². The second kappa shape index (κ2) is 5.19. The lowest BCUT2D eigenvalue weighted by molar-refractivity contribution is 0.0957. The summed E-state index contributed by atoms with van der Waals surface area (Å²) < 4.78 is 5.09. The molecule has 0 atom stereocenters. The highest BCUT2D eigenvalue weighted by Crippen LogP contribution is 2.24. The van der Waals surface area contributed by atoms with Gasteiger partial charge in [0.1, 0.15) is 17.0 Å². The first kappa shape index (κ1) is 11.9. The Morgan fingerprint density at radius 1 is 1.44 bits per heavy atom. The molecular weight excluding hydrogens is 228 g/mol. The quantitative estimate of drug-likeness (QED) is 0.835. The zero-order valence-corrected chi connectivity index (χ0v) is 9.93. The fraction of sp³-hybridized carbons (Fsp3) is 0.143. The van der Waals surface area contributed by atoms with Crippen molar-refractivity contribution in [2.24, 2.45) is 0 Å². The monoisotopic (exact) mass is 240 g/mol. The highest BCUT2D eigenvalue weighted by Gasteiger charge is 2.20. The van der Waals surface area contributed by atoms with Gasteiger partial charge in [0.2, 0.25) is 0 Å². The minimum atomic E-state index is -0.273. The molecule has 0 bridgehead atoms. The van der Waals surface area contributed by atoms with Gasteiger partial charge in [-0.2, -0.15) is 0 Å². The van der Waals surface area contributed by atoms with Crippen LogP contribution in [-0.2, 0) is 0 Å². The van der Waals surface area contributed by atoms with Crippen LogP contribution in [0, 0.1) is 19.3 Å². The fourth-order valence-corrected chi connectivity index (χ4v) is 1.65. The van der Waals surface area contributed by atoms with Crippen LogP contribution in [0.25, 0.3) is 11.3 Å². The Morgan fingerprint density at radius 3 is 2.83 bits per heavy atom. The number of rotatable bonds is 3. The molecule has 2 aromatic rings. The molecule has 1 N–H and O–H groups in total. The Bertz CT molecular complexity index is 594. The van der Waals surface area contributed by atoms with Gasteiger partial charge >= 0.3 is 0 Å². The van der Waals surface area contributed by atoms with Crippen LogP contribution < -0.4 is 5.32 Å². The van der Waals surface area contributed by atoms with Crippen LogP contribution in [0.2, 0.25) is 0 Å². The topological polar surface area (TPSA) is 55.1 Å². The standard InChI is InChI=1S/C14H12N2O2/c1-3-9-15-14(17)12-10(2)18-16-13(12)11-7-5-4-6-8-11/h1,4-8H,9H2,2H3,(H,15,17). The summed E-state index contributed by atoms with van der Waals surface area (Å²) in [6.45, 7) is 1.88. The maximum atomic E-state index is 12.0. The van der Waals surface area contributed by atoms with Crippen LogP contribution in [0.5, 0.6) is 0 Å². The first-order chi connectivity index (χ1) is 8.74. The molecule has 4 heteroatoms. The molecule has 4 nitrogen and oxygen atoms in total. The molecule has 0 saturated carbocycles. The van der Waals surface area contributed by atoms with Crippen LogP contribution in [0.4, 0.5) is 0 Å². The second-order valence-electron chi connectivity index (χ2n) is 3.72. The summed E-state index contributed by atoms with van der Waals surface area (Å²) in [5.74, 6) is 2.56. The number of amides is 1. The third-order valence-electron chi connectivity index (χ3n) is 2.49. The minimum Gasteiger partial charge on any atom is -0.360 e. The average molecular weight is 240 g/mol. The number of terminal acetylenes is 1. The number of aromatic nitrogens is 1. The van der Waals surface area contributed by atoms with Crippen molar-refractivity contribution in [1.82, 2.24) is 10.5 Å². The van der Waals surface area contributed by atoms with Crippen LogP contribution >= 0.6 is 0 Å². The summed E-state index contributed by atoms with van der Waals surface area (Å²) in [5, 5.41) is 6.54. The van der Waals surface area contributed by atoms with E-state index in [1.807, 2.05) is 30.3 Å². The molecule has 1 aromatic heterocycles. The molecule has 0 spiro atoms. The van der Waals surface area contributed by atoms with Gasteiger partial charge in [-0.25, -0.2) is 0 Å². The van der Waals surface area contributed by atoms with Gasteiger partial charge in [-0.1, -0.05) is 41.4 Å². The average Bonchev–Trinajstić information content (AvgIpc) is 2.79. The smallest absolute Gasteiger partial charge is 0.257 e. The fourth-order valence-electron chi connectivity index (χ4n) is 1.65. The predicted octanol–water partition coefficient (Wildman–Crippen LogP) is 2.01. The van der Waals surface area contributed by atoms with E-state index in [1.165, 1.54) is 0 Å². The number of carbonyl (C=O) groups is 1. The summed E-state index contributed by atoms with van der Waals surface area (Å²) in [4.78, 5) is 12.0. The van der Waals surface area contributed by atoms with E-state index < -0.39 is 0 Å². The molecule has 1 aromatic carbocycles. The molecule has 2 rings (SSSR count). The van der Waals surface area contributed by atoms with Gasteiger partial charge in [0.25, 0.3) is 5.91 Å². The summed E-state index contributed by atoms with van der Waals surface area (Å²) in [7, 11) is 0. The third-order valence-corrected chi connectivity index (χ3v) is 2.49. The lowest BCUT2D eigenvalue weighted by atomic mass is 10.1. The van der Waals surface area contributed by atoms with Crippen molar-refractivity contribution in [3.05, 3.63) is 41.7 Å². The number of nitrogens with zero attached hydrogens (tertiary/aromatic N) is 1. The van der Waals surface area contributed by atoms with Gasteiger partial charge in [-0.15, -0.1) is 6.42 Å². The van der Waals surface area contributed by atoms with Crippen molar-refractivity contribution < 1.29 is 9.32 Å². The Balaban J connectivity index is 2.40. The van der Waals surface area contributed by atoms with Crippen LogP contribution in [-0.4, -0.2) is 17.6 Å². The van der Waals surface area contributed by atoms with Gasteiger partial charge in [0, 0.05) is 5.56 Å². The first-order valence-corrected chi connectivity index (χ1v) is 5.47. The Hall–Kier alpha value is -2.54. The minimum absolute atomic E-state index is 0.178. The molecule has 90 valence electrons. The van der Waals surface area contributed by atoms with E-state index in [-0.39, 0.29) is 12.5 Å². The largest absolute Gasteiger partial charge is 0.360 e. The van der Waals surface area contributed by atoms with Crippen molar-refractivity contribution in [2.75, 3.05) is 6.54 Å². The van der Waals surface area contributed by atoms with Crippen LogP contribution in [0.15, 0.2) is 34.9 Å². The van der Waals surface area contributed by atoms with Gasteiger partial charge in [0.05, 0.1) is 6.54 Å². The lowest BCUT2D eigenvalue weighted by Gasteiger charge is -2.02. The molecule has 0 aliphatic heterocycles. The highest BCUT2D eigenvalue weighted by atomic mass is 16.5. The summed E-state index contributed by atoms with van der Waals surface area (Å²) >= 11 is 0. The predicted molar refractivity (Wildman–Crippen MR) is 67.8 cm³/mol. The second-order valence-corrected chi connectivity index (χ2v) is 3.72. The Kier molecular flexibility index (Phi) is 3.44. The molecule has 0 aliphatic carbocycles. The third kappa shape index (κ3) is 2.25. The van der Waals surface area contributed by atoms with Gasteiger partial charge in [-0.05, 0) is 6.92 Å². The summed E-state index contributed by atoms with van der Waals surface area (Å²) in [6.07, 6.45) is 5.11. The number of nitrogens with one attached hydrogen (secondary N) is 1. The molecule has 1 amide bonds. The Morgan fingerprint density at radius 2 is 2.17 bits per heavy atom. The molecule has 0 radical (unpaired) electrons. The molecule has 1 heterocycles. The number of benzene rings is 1. The summed E-state index contributed by atoms with van der Waals surface area (Å²) in [6, 6.07) is 9.39. The molecule has 0 saturated heterocycles. The first-order valence-electron chi connectivity index (χ1n) is 5.47. The Labute approximate surface area is 105 Å². The van der Waals surface area contributed by atoms with E-state index >= 15 is 0 Å². The number of aryl methyl sites for hydroxylation is 1. The zero-order chi connectivity index (χ0) is 13.0. The van der Waals surface area contributed by atoms with Gasteiger partial charge < -0.3 is 9.84 Å². The molecular formula is C14H12N2O2. The SMILES string of the molecule is C#CCNC(=O)c1c(-c2ccccc2)noc1C. The van der Waals surface area contributed by atoms with E-state index in [0.29, 0.717) is 17.0 Å².